The summed E-state index contributed by atoms with van der Waals surface area (Å²) in [4.78, 5) is 23.9. The van der Waals surface area contributed by atoms with Crippen molar-refractivity contribution < 1.29 is 14.6 Å². The van der Waals surface area contributed by atoms with E-state index in [1.54, 1.807) is 24.5 Å². The fourth-order valence-corrected chi connectivity index (χ4v) is 4.98. The van der Waals surface area contributed by atoms with Crippen LogP contribution in [0.3, 0.4) is 0 Å². The van der Waals surface area contributed by atoms with Gasteiger partial charge in [-0.15, -0.1) is 11.3 Å². The highest BCUT2D eigenvalue weighted by molar-refractivity contribution is 7.14. The van der Waals surface area contributed by atoms with E-state index in [-0.39, 0.29) is 23.0 Å². The monoisotopic (exact) mass is 556 g/mol. The Bertz CT molecular complexity index is 1460. The van der Waals surface area contributed by atoms with Crippen molar-refractivity contribution in [1.82, 2.24) is 15.3 Å². The summed E-state index contributed by atoms with van der Waals surface area (Å²) >= 11 is 1.47. The van der Waals surface area contributed by atoms with Crippen molar-refractivity contribution in [3.63, 3.8) is 0 Å². The van der Waals surface area contributed by atoms with Gasteiger partial charge in [-0.2, -0.15) is 0 Å². The number of aromatic hydroxyl groups is 1. The molecule has 4 rings (SSSR count). The second-order valence-electron chi connectivity index (χ2n) is 11.8. The van der Waals surface area contributed by atoms with Gasteiger partial charge in [-0.3, -0.25) is 10.2 Å². The third-order valence-electron chi connectivity index (χ3n) is 6.11. The minimum atomic E-state index is -0.626. The SMILES string of the molecule is CC(C)(C)OC(=N)[C@H](Cc1ccc(-c2ncc(-c3ccc(O)cc3)cn2)cc1)NC(=O)c1ccc(C(C)(C)C)s1. The predicted molar refractivity (Wildman–Crippen MR) is 161 cm³/mol. The average Bonchev–Trinajstić information content (AvgIpc) is 3.40. The Kier molecular flexibility index (Phi) is 8.40. The molecule has 0 saturated carbocycles. The van der Waals surface area contributed by atoms with E-state index < -0.39 is 11.6 Å². The number of amides is 1. The Morgan fingerprint density at radius 1 is 0.900 bits per heavy atom. The van der Waals surface area contributed by atoms with Gasteiger partial charge >= 0.3 is 0 Å². The van der Waals surface area contributed by atoms with Crippen molar-refractivity contribution in [2.75, 3.05) is 0 Å². The van der Waals surface area contributed by atoms with Crippen molar-refractivity contribution in [2.24, 2.45) is 0 Å². The van der Waals surface area contributed by atoms with Crippen molar-refractivity contribution in [3.8, 4) is 28.3 Å². The van der Waals surface area contributed by atoms with E-state index in [9.17, 15) is 9.90 Å². The zero-order chi connectivity index (χ0) is 29.1. The molecule has 2 aromatic carbocycles. The zero-order valence-electron chi connectivity index (χ0n) is 23.8. The van der Waals surface area contributed by atoms with Gasteiger partial charge in [0.2, 0.25) is 5.90 Å². The van der Waals surface area contributed by atoms with Crippen LogP contribution in [0.15, 0.2) is 73.1 Å². The van der Waals surface area contributed by atoms with E-state index in [1.165, 1.54) is 11.3 Å². The maximum atomic E-state index is 13.2. The van der Waals surface area contributed by atoms with Gasteiger partial charge in [0.05, 0.1) is 4.88 Å². The summed E-state index contributed by atoms with van der Waals surface area (Å²) in [6.45, 7) is 12.0. The van der Waals surface area contributed by atoms with E-state index in [0.717, 1.165) is 27.1 Å². The maximum absolute atomic E-state index is 13.2. The van der Waals surface area contributed by atoms with Crippen LogP contribution >= 0.6 is 11.3 Å². The molecule has 1 atom stereocenters. The molecule has 0 radical (unpaired) electrons. The van der Waals surface area contributed by atoms with Crippen LogP contribution in [-0.4, -0.2) is 38.5 Å². The normalized spacial score (nSPS) is 12.6. The predicted octanol–water partition coefficient (Wildman–Crippen LogP) is 7.01. The molecule has 1 amide bonds. The molecule has 2 aromatic heterocycles. The summed E-state index contributed by atoms with van der Waals surface area (Å²) in [7, 11) is 0. The molecule has 0 bridgehead atoms. The third kappa shape index (κ3) is 7.54. The first kappa shape index (κ1) is 29.0. The number of ether oxygens (including phenoxy) is 1. The number of benzene rings is 2. The number of phenolic OH excluding ortho intramolecular Hbond substituents is 1. The van der Waals surface area contributed by atoms with Crippen LogP contribution in [0.25, 0.3) is 22.5 Å². The Labute approximate surface area is 239 Å². The number of hydrogen-bond acceptors (Lipinski definition) is 7. The van der Waals surface area contributed by atoms with Crippen molar-refractivity contribution >= 4 is 23.1 Å². The standard InChI is InChI=1S/C32H36N4O3S/c1-31(2,3)27-16-15-26(40-27)30(38)36-25(28(33)39-32(4,5)6)17-20-7-9-22(10-8-20)29-34-18-23(19-35-29)21-11-13-24(37)14-12-21/h7-16,18-19,25,33,37H,17H2,1-6H3,(H,36,38)/t25-/m0/s1. The quantitative estimate of drug-likeness (QED) is 0.168. The minimum absolute atomic E-state index is 0.0191. The Morgan fingerprint density at radius 3 is 2.05 bits per heavy atom. The molecule has 0 fully saturated rings. The molecule has 3 N–H and O–H groups in total. The second kappa shape index (κ2) is 11.6. The van der Waals surface area contributed by atoms with Crippen molar-refractivity contribution in [2.45, 2.75) is 65.0 Å². The molecule has 7 nitrogen and oxygen atoms in total. The number of carbonyl (C=O) groups is 1. The van der Waals surface area contributed by atoms with Crippen LogP contribution in [0.1, 0.15) is 61.7 Å². The van der Waals surface area contributed by atoms with Crippen molar-refractivity contribution in [3.05, 3.63) is 88.4 Å². The van der Waals surface area contributed by atoms with Gasteiger partial charge in [-0.05, 0) is 61.6 Å². The van der Waals surface area contributed by atoms with Crippen LogP contribution in [-0.2, 0) is 16.6 Å². The molecule has 40 heavy (non-hydrogen) atoms. The smallest absolute Gasteiger partial charge is 0.262 e. The molecule has 0 spiro atoms. The van der Waals surface area contributed by atoms with Crippen LogP contribution < -0.4 is 5.32 Å². The van der Waals surface area contributed by atoms with E-state index in [1.807, 2.05) is 69.3 Å². The summed E-state index contributed by atoms with van der Waals surface area (Å²) < 4.78 is 5.85. The maximum Gasteiger partial charge on any atom is 0.262 e. The molecule has 0 aliphatic rings. The Balaban J connectivity index is 1.49. The summed E-state index contributed by atoms with van der Waals surface area (Å²) in [5.41, 5.74) is 2.98. The zero-order valence-corrected chi connectivity index (χ0v) is 24.6. The highest BCUT2D eigenvalue weighted by Gasteiger charge is 2.26. The summed E-state index contributed by atoms with van der Waals surface area (Å²) in [5.74, 6) is 0.608. The summed E-state index contributed by atoms with van der Waals surface area (Å²) in [6, 6.07) is 17.9. The van der Waals surface area contributed by atoms with Gasteiger partial charge in [-0.25, -0.2) is 9.97 Å². The summed E-state index contributed by atoms with van der Waals surface area (Å²) in [6.07, 6.45) is 3.92. The second-order valence-corrected chi connectivity index (χ2v) is 12.8. The van der Waals surface area contributed by atoms with E-state index >= 15 is 0 Å². The fraction of sp³-hybridized carbons (Fsp3) is 0.312. The first-order chi connectivity index (χ1) is 18.8. The fourth-order valence-electron chi connectivity index (χ4n) is 4.01. The molecule has 0 unspecified atom stereocenters. The number of thiophene rings is 1. The molecule has 4 aromatic rings. The van der Waals surface area contributed by atoms with E-state index in [2.05, 4.69) is 36.1 Å². The van der Waals surface area contributed by atoms with Crippen LogP contribution in [0.5, 0.6) is 5.75 Å². The largest absolute Gasteiger partial charge is 0.508 e. The lowest BCUT2D eigenvalue weighted by Gasteiger charge is -2.27. The molecule has 0 aliphatic heterocycles. The number of aromatic nitrogens is 2. The van der Waals surface area contributed by atoms with Gasteiger partial charge < -0.3 is 15.2 Å². The first-order valence-corrected chi connectivity index (χ1v) is 14.0. The topological polar surface area (TPSA) is 108 Å². The van der Waals surface area contributed by atoms with Crippen LogP contribution in [0, 0.1) is 5.41 Å². The van der Waals surface area contributed by atoms with Crippen LogP contribution in [0.4, 0.5) is 0 Å². The average molecular weight is 557 g/mol. The van der Waals surface area contributed by atoms with Gasteiger partial charge in [0.15, 0.2) is 5.82 Å². The Morgan fingerprint density at radius 2 is 1.50 bits per heavy atom. The van der Waals surface area contributed by atoms with Crippen LogP contribution in [0.2, 0.25) is 0 Å². The third-order valence-corrected chi connectivity index (χ3v) is 7.62. The lowest BCUT2D eigenvalue weighted by molar-refractivity contribution is 0.0897. The van der Waals surface area contributed by atoms with Gasteiger partial charge in [-0.1, -0.05) is 57.2 Å². The molecular weight excluding hydrogens is 520 g/mol. The number of nitrogens with zero attached hydrogens (tertiary/aromatic N) is 2. The van der Waals surface area contributed by atoms with E-state index in [4.69, 9.17) is 10.1 Å². The summed E-state index contributed by atoms with van der Waals surface area (Å²) in [5, 5.41) is 21.2. The molecule has 2 heterocycles. The Hall–Kier alpha value is -4.04. The number of rotatable bonds is 7. The number of phenols is 1. The van der Waals surface area contributed by atoms with Crippen molar-refractivity contribution in [1.29, 1.82) is 5.41 Å². The van der Waals surface area contributed by atoms with Gasteiger partial charge in [0.1, 0.15) is 17.4 Å². The van der Waals surface area contributed by atoms with Gasteiger partial charge in [0, 0.05) is 34.8 Å². The van der Waals surface area contributed by atoms with E-state index in [0.29, 0.717) is 17.1 Å². The van der Waals surface area contributed by atoms with Gasteiger partial charge in [0.25, 0.3) is 5.91 Å². The lowest BCUT2D eigenvalue weighted by Crippen LogP contribution is -2.45. The number of nitrogens with one attached hydrogen (secondary N) is 2. The molecular formula is C32H36N4O3S. The minimum Gasteiger partial charge on any atom is -0.508 e. The molecule has 0 aliphatic carbocycles. The molecule has 8 heteroatoms. The first-order valence-electron chi connectivity index (χ1n) is 13.2. The molecule has 208 valence electrons. The highest BCUT2D eigenvalue weighted by Crippen LogP contribution is 2.29. The highest BCUT2D eigenvalue weighted by atomic mass is 32.1. The number of carbonyl (C=O) groups excluding carboxylic acids is 1. The number of hydrogen-bond donors (Lipinski definition) is 3. The lowest BCUT2D eigenvalue weighted by atomic mass is 9.95. The molecule has 0 saturated heterocycles.